The minimum Gasteiger partial charge on any atom is -0.383 e. The molecule has 36 heavy (non-hydrogen) atoms. The lowest BCUT2D eigenvalue weighted by Crippen LogP contribution is -2.36. The van der Waals surface area contributed by atoms with Crippen LogP contribution < -0.4 is 4.80 Å². The fourth-order valence-corrected chi connectivity index (χ4v) is 6.51. The second-order valence-electron chi connectivity index (χ2n) is 8.29. The number of sulfonamides is 1. The van der Waals surface area contributed by atoms with Crippen LogP contribution in [0.4, 0.5) is 0 Å². The zero-order valence-electron chi connectivity index (χ0n) is 21.3. The zero-order chi connectivity index (χ0) is 26.3. The molecule has 196 valence electrons. The van der Waals surface area contributed by atoms with Gasteiger partial charge in [0.2, 0.25) is 10.0 Å². The van der Waals surface area contributed by atoms with Crippen molar-refractivity contribution in [1.82, 2.24) is 8.87 Å². The van der Waals surface area contributed by atoms with Crippen LogP contribution in [0, 0.1) is 13.8 Å². The Hall–Kier alpha value is -2.41. The smallest absolute Gasteiger partial charge is 0.279 e. The number of benzene rings is 2. The molecule has 0 bridgehead atoms. The van der Waals surface area contributed by atoms with E-state index in [0.29, 0.717) is 23.5 Å². The van der Waals surface area contributed by atoms with Gasteiger partial charge in [-0.15, -0.1) is 0 Å². The Kier molecular flexibility index (Phi) is 9.94. The van der Waals surface area contributed by atoms with Crippen LogP contribution in [0.25, 0.3) is 10.2 Å². The molecule has 1 aromatic heterocycles. The Morgan fingerprint density at radius 3 is 2.17 bits per heavy atom. The summed E-state index contributed by atoms with van der Waals surface area (Å²) in [7, 11) is 0.894. The second-order valence-corrected chi connectivity index (χ2v) is 11.2. The van der Waals surface area contributed by atoms with Gasteiger partial charge in [-0.3, -0.25) is 4.79 Å². The van der Waals surface area contributed by atoms with Crippen LogP contribution in [0.1, 0.15) is 21.5 Å². The van der Waals surface area contributed by atoms with Gasteiger partial charge in [-0.25, -0.2) is 8.42 Å². The number of nitrogens with zero attached hydrogens (tertiary/aromatic N) is 3. The van der Waals surface area contributed by atoms with Crippen molar-refractivity contribution in [3.05, 3.63) is 57.9 Å². The number of methoxy groups -OCH3 is 3. The predicted octanol–water partition coefficient (Wildman–Crippen LogP) is 2.99. The van der Waals surface area contributed by atoms with Crippen molar-refractivity contribution in [2.24, 2.45) is 4.99 Å². The highest BCUT2D eigenvalue weighted by molar-refractivity contribution is 7.89. The molecule has 1 amide bonds. The summed E-state index contributed by atoms with van der Waals surface area (Å²) < 4.78 is 45.9. The van der Waals surface area contributed by atoms with Crippen molar-refractivity contribution in [1.29, 1.82) is 0 Å². The second kappa shape index (κ2) is 12.7. The summed E-state index contributed by atoms with van der Waals surface area (Å²) in [6, 6.07) is 10.0. The fraction of sp³-hybridized carbons (Fsp3) is 0.440. The molecule has 0 atom stereocenters. The number of ether oxygens (including phenoxy) is 3. The maximum atomic E-state index is 13.1. The van der Waals surface area contributed by atoms with E-state index >= 15 is 0 Å². The molecule has 9 nitrogen and oxygen atoms in total. The first-order chi connectivity index (χ1) is 17.2. The van der Waals surface area contributed by atoms with Gasteiger partial charge in [0.1, 0.15) is 0 Å². The predicted molar refractivity (Wildman–Crippen MR) is 140 cm³/mol. The number of amides is 1. The molecule has 0 aliphatic heterocycles. The number of thiazole rings is 1. The highest BCUT2D eigenvalue weighted by atomic mass is 32.2. The van der Waals surface area contributed by atoms with Crippen LogP contribution in [0.15, 0.2) is 46.3 Å². The summed E-state index contributed by atoms with van der Waals surface area (Å²) in [6.07, 6.45) is 0. The summed E-state index contributed by atoms with van der Waals surface area (Å²) in [4.78, 5) is 18.1. The first-order valence-electron chi connectivity index (χ1n) is 11.5. The van der Waals surface area contributed by atoms with Crippen LogP contribution in [-0.4, -0.2) is 77.4 Å². The topological polar surface area (TPSA) is 99.4 Å². The first-order valence-corrected chi connectivity index (χ1v) is 13.7. The van der Waals surface area contributed by atoms with Crippen molar-refractivity contribution in [2.75, 3.05) is 54.2 Å². The number of aryl methyl sites for hydroxylation is 2. The molecule has 0 spiro atoms. The van der Waals surface area contributed by atoms with Gasteiger partial charge in [-0.2, -0.15) is 9.30 Å². The third kappa shape index (κ3) is 6.47. The van der Waals surface area contributed by atoms with Crippen LogP contribution in [0.3, 0.4) is 0 Å². The Balaban J connectivity index is 1.94. The van der Waals surface area contributed by atoms with Gasteiger partial charge >= 0.3 is 0 Å². The molecular weight excluding hydrogens is 502 g/mol. The average Bonchev–Trinajstić information content (AvgIpc) is 3.19. The number of hydrogen-bond donors (Lipinski definition) is 0. The molecule has 3 rings (SSSR count). The number of aromatic nitrogens is 1. The number of fused-ring (bicyclic) bond motifs is 1. The summed E-state index contributed by atoms with van der Waals surface area (Å²) in [5.41, 5.74) is 3.58. The first kappa shape index (κ1) is 28.2. The van der Waals surface area contributed by atoms with Gasteiger partial charge in [-0.1, -0.05) is 17.4 Å². The highest BCUT2D eigenvalue weighted by Crippen LogP contribution is 2.23. The lowest BCUT2D eigenvalue weighted by Gasteiger charge is -2.21. The largest absolute Gasteiger partial charge is 0.383 e. The normalized spacial score (nSPS) is 12.7. The molecule has 0 aliphatic carbocycles. The van der Waals surface area contributed by atoms with Crippen molar-refractivity contribution < 1.29 is 27.4 Å². The maximum Gasteiger partial charge on any atom is 0.279 e. The molecule has 0 unspecified atom stereocenters. The van der Waals surface area contributed by atoms with Gasteiger partial charge in [0.15, 0.2) is 4.80 Å². The number of carbonyl (C=O) groups excluding carboxylic acids is 1. The van der Waals surface area contributed by atoms with E-state index in [4.69, 9.17) is 14.2 Å². The zero-order valence-corrected chi connectivity index (χ0v) is 22.9. The van der Waals surface area contributed by atoms with Gasteiger partial charge in [0.05, 0.1) is 34.9 Å². The van der Waals surface area contributed by atoms with Crippen LogP contribution in [0.5, 0.6) is 0 Å². The van der Waals surface area contributed by atoms with Crippen LogP contribution in [-0.2, 0) is 30.8 Å². The Morgan fingerprint density at radius 1 is 0.972 bits per heavy atom. The van der Waals surface area contributed by atoms with Crippen molar-refractivity contribution in [3.8, 4) is 0 Å². The van der Waals surface area contributed by atoms with Gasteiger partial charge < -0.3 is 18.8 Å². The van der Waals surface area contributed by atoms with E-state index in [1.165, 1.54) is 54.1 Å². The van der Waals surface area contributed by atoms with Crippen LogP contribution in [0.2, 0.25) is 0 Å². The average molecular weight is 536 g/mol. The molecule has 2 aromatic carbocycles. The van der Waals surface area contributed by atoms with Gasteiger partial charge in [0.25, 0.3) is 5.91 Å². The Morgan fingerprint density at radius 2 is 1.58 bits per heavy atom. The molecule has 0 fully saturated rings. The Bertz CT molecular complexity index is 1350. The highest BCUT2D eigenvalue weighted by Gasteiger charge is 2.24. The molecule has 0 aliphatic rings. The standard InChI is InChI=1S/C25H33N3O6S2/c1-18-16-19(2)23-22(17-18)35-25(28(23)12-15-34-5)26-24(29)20-6-8-21(9-7-20)36(30,31)27(10-13-32-3)11-14-33-4/h6-9,16-17H,10-15H2,1-5H3. The SMILES string of the molecule is COCCN(CCOC)S(=O)(=O)c1ccc(C(=O)N=c2sc3cc(C)cc(C)c3n2CCOC)cc1. The van der Waals surface area contributed by atoms with Crippen molar-refractivity contribution in [2.45, 2.75) is 25.3 Å². The summed E-state index contributed by atoms with van der Waals surface area (Å²) in [5.74, 6) is -0.443. The van der Waals surface area contributed by atoms with E-state index in [0.717, 1.165) is 21.3 Å². The molecule has 1 heterocycles. The lowest BCUT2D eigenvalue weighted by molar-refractivity contribution is 0.0997. The molecule has 0 saturated heterocycles. The quantitative estimate of drug-likeness (QED) is 0.354. The molecule has 3 aromatic rings. The van der Waals surface area contributed by atoms with E-state index in [2.05, 4.69) is 17.1 Å². The number of rotatable bonds is 12. The third-order valence-electron chi connectivity index (χ3n) is 5.66. The van der Waals surface area contributed by atoms with E-state index < -0.39 is 15.9 Å². The lowest BCUT2D eigenvalue weighted by atomic mass is 10.1. The van der Waals surface area contributed by atoms with E-state index in [1.54, 1.807) is 7.11 Å². The van der Waals surface area contributed by atoms with Gasteiger partial charge in [-0.05, 0) is 55.3 Å². The van der Waals surface area contributed by atoms with E-state index in [-0.39, 0.29) is 31.2 Å². The Labute approximate surface area is 216 Å². The van der Waals surface area contributed by atoms with Crippen molar-refractivity contribution in [3.63, 3.8) is 0 Å². The fourth-order valence-electron chi connectivity index (χ4n) is 3.88. The molecule has 11 heteroatoms. The van der Waals surface area contributed by atoms with Crippen LogP contribution >= 0.6 is 11.3 Å². The monoisotopic (exact) mass is 535 g/mol. The van der Waals surface area contributed by atoms with E-state index in [1.807, 2.05) is 18.4 Å². The molecule has 0 N–H and O–H groups in total. The van der Waals surface area contributed by atoms with Crippen molar-refractivity contribution >= 4 is 37.5 Å². The molecular formula is C25H33N3O6S2. The third-order valence-corrected chi connectivity index (χ3v) is 8.60. The summed E-state index contributed by atoms with van der Waals surface area (Å²) in [5, 5.41) is 0. The minimum absolute atomic E-state index is 0.0920. The van der Waals surface area contributed by atoms with E-state index in [9.17, 15) is 13.2 Å². The summed E-state index contributed by atoms with van der Waals surface area (Å²) in [6.45, 7) is 6.03. The molecule has 0 saturated carbocycles. The number of hydrogen-bond acceptors (Lipinski definition) is 7. The maximum absolute atomic E-state index is 13.1. The van der Waals surface area contributed by atoms with Gasteiger partial charge in [0, 0.05) is 46.5 Å². The summed E-state index contributed by atoms with van der Waals surface area (Å²) >= 11 is 1.45. The molecule has 0 radical (unpaired) electrons. The number of carbonyl (C=O) groups is 1. The minimum atomic E-state index is -3.77.